The summed E-state index contributed by atoms with van der Waals surface area (Å²) in [5.41, 5.74) is -0.296. The smallest absolute Gasteiger partial charge is 0.244 e. The first-order chi connectivity index (χ1) is 9.58. The van der Waals surface area contributed by atoms with Crippen LogP contribution in [0.15, 0.2) is 53.9 Å². The summed E-state index contributed by atoms with van der Waals surface area (Å²) in [6.45, 7) is 1.86. The van der Waals surface area contributed by atoms with Crippen molar-refractivity contribution in [3.63, 3.8) is 0 Å². The second kappa shape index (κ2) is 6.50. The van der Waals surface area contributed by atoms with Crippen molar-refractivity contribution in [1.82, 2.24) is 5.32 Å². The summed E-state index contributed by atoms with van der Waals surface area (Å²) in [6.07, 6.45) is 3.24. The molecule has 0 fully saturated rings. The van der Waals surface area contributed by atoms with Crippen LogP contribution in [0.3, 0.4) is 0 Å². The number of thiophene rings is 1. The molecule has 2 N–H and O–H groups in total. The first kappa shape index (κ1) is 14.5. The zero-order valence-electron chi connectivity index (χ0n) is 11.2. The van der Waals surface area contributed by atoms with Crippen molar-refractivity contribution in [2.24, 2.45) is 0 Å². The van der Waals surface area contributed by atoms with E-state index in [1.165, 1.54) is 6.08 Å². The van der Waals surface area contributed by atoms with Gasteiger partial charge in [-0.3, -0.25) is 4.79 Å². The first-order valence-electron chi connectivity index (χ1n) is 6.35. The summed E-state index contributed by atoms with van der Waals surface area (Å²) in [6, 6.07) is 13.2. The molecule has 20 heavy (non-hydrogen) atoms. The molecule has 0 aliphatic rings. The minimum absolute atomic E-state index is 0.171. The normalized spacial score (nSPS) is 14.1. The van der Waals surface area contributed by atoms with Crippen LogP contribution in [-0.2, 0) is 10.4 Å². The lowest BCUT2D eigenvalue weighted by Crippen LogP contribution is -2.37. The van der Waals surface area contributed by atoms with Gasteiger partial charge in [-0.2, -0.15) is 0 Å². The maximum Gasteiger partial charge on any atom is 0.244 e. The summed E-state index contributed by atoms with van der Waals surface area (Å²) in [5, 5.41) is 15.0. The molecule has 104 valence electrons. The minimum atomic E-state index is -1.08. The molecule has 0 spiro atoms. The van der Waals surface area contributed by atoms with Gasteiger partial charge in [-0.1, -0.05) is 36.4 Å². The summed E-state index contributed by atoms with van der Waals surface area (Å²) < 4.78 is 0. The van der Waals surface area contributed by atoms with Gasteiger partial charge in [0, 0.05) is 11.0 Å². The predicted molar refractivity (Wildman–Crippen MR) is 82.4 cm³/mol. The van der Waals surface area contributed by atoms with Crippen molar-refractivity contribution in [1.29, 1.82) is 0 Å². The molecule has 2 rings (SSSR count). The van der Waals surface area contributed by atoms with Crippen LogP contribution in [0.1, 0.15) is 17.4 Å². The van der Waals surface area contributed by atoms with E-state index in [0.717, 1.165) is 10.4 Å². The molecule has 3 nitrogen and oxygen atoms in total. The highest BCUT2D eigenvalue weighted by Gasteiger charge is 2.22. The van der Waals surface area contributed by atoms with Crippen LogP contribution in [0.2, 0.25) is 0 Å². The molecule has 0 saturated carbocycles. The van der Waals surface area contributed by atoms with E-state index in [4.69, 9.17) is 0 Å². The number of benzene rings is 1. The lowest BCUT2D eigenvalue weighted by molar-refractivity contribution is -0.117. The van der Waals surface area contributed by atoms with Gasteiger partial charge in [0.2, 0.25) is 5.91 Å². The Balaban J connectivity index is 1.90. The number of amides is 1. The van der Waals surface area contributed by atoms with Crippen molar-refractivity contribution in [2.45, 2.75) is 12.5 Å². The van der Waals surface area contributed by atoms with Crippen LogP contribution >= 0.6 is 11.3 Å². The van der Waals surface area contributed by atoms with E-state index in [1.54, 1.807) is 24.3 Å². The van der Waals surface area contributed by atoms with Crippen molar-refractivity contribution in [3.05, 3.63) is 64.4 Å². The van der Waals surface area contributed by atoms with Gasteiger partial charge in [0.25, 0.3) is 0 Å². The van der Waals surface area contributed by atoms with Crippen LogP contribution in [0.25, 0.3) is 6.08 Å². The van der Waals surface area contributed by atoms with Crippen molar-refractivity contribution in [2.75, 3.05) is 6.54 Å². The molecule has 0 aliphatic heterocycles. The number of nitrogens with one attached hydrogen (secondary N) is 1. The second-order valence-electron chi connectivity index (χ2n) is 4.71. The monoisotopic (exact) mass is 287 g/mol. The molecule has 0 bridgehead atoms. The van der Waals surface area contributed by atoms with Crippen LogP contribution in [0.5, 0.6) is 0 Å². The molecule has 0 radical (unpaired) electrons. The average molecular weight is 287 g/mol. The number of aliphatic hydroxyl groups is 1. The first-order valence-corrected chi connectivity index (χ1v) is 7.23. The van der Waals surface area contributed by atoms with Crippen molar-refractivity contribution < 1.29 is 9.90 Å². The molecule has 1 aromatic carbocycles. The van der Waals surface area contributed by atoms with Gasteiger partial charge in [0.05, 0.1) is 6.54 Å². The SMILES string of the molecule is CC(O)(CNC(=O)/C=C/c1cccs1)c1ccccc1. The van der Waals surface area contributed by atoms with E-state index in [1.807, 2.05) is 47.8 Å². The topological polar surface area (TPSA) is 49.3 Å². The standard InChI is InChI=1S/C16H17NO2S/c1-16(19,13-6-3-2-4-7-13)12-17-15(18)10-9-14-8-5-11-20-14/h2-11,19H,12H2,1H3,(H,17,18)/b10-9+. The Morgan fingerprint density at radius 1 is 1.30 bits per heavy atom. The Bertz CT molecular complexity index is 574. The summed E-state index contributed by atoms with van der Waals surface area (Å²) >= 11 is 1.57. The molecule has 1 aromatic heterocycles. The summed E-state index contributed by atoms with van der Waals surface area (Å²) in [7, 11) is 0. The fraction of sp³-hybridized carbons (Fsp3) is 0.188. The van der Waals surface area contributed by atoms with Gasteiger partial charge in [-0.25, -0.2) is 0 Å². The Morgan fingerprint density at radius 2 is 2.05 bits per heavy atom. The Kier molecular flexibility index (Phi) is 4.71. The van der Waals surface area contributed by atoms with Gasteiger partial charge in [0.1, 0.15) is 5.60 Å². The fourth-order valence-electron chi connectivity index (χ4n) is 1.76. The summed E-state index contributed by atoms with van der Waals surface area (Å²) in [4.78, 5) is 12.7. The molecule has 1 heterocycles. The molecular formula is C16H17NO2S. The highest BCUT2D eigenvalue weighted by atomic mass is 32.1. The van der Waals surface area contributed by atoms with E-state index in [2.05, 4.69) is 5.32 Å². The number of carbonyl (C=O) groups excluding carboxylic acids is 1. The molecule has 2 aromatic rings. The van der Waals surface area contributed by atoms with E-state index in [9.17, 15) is 9.90 Å². The molecule has 1 amide bonds. The zero-order chi connectivity index (χ0) is 14.4. The molecule has 4 heteroatoms. The highest BCUT2D eigenvalue weighted by Crippen LogP contribution is 2.18. The van der Waals surface area contributed by atoms with E-state index >= 15 is 0 Å². The maximum absolute atomic E-state index is 11.7. The maximum atomic E-state index is 11.7. The number of carbonyl (C=O) groups is 1. The number of rotatable bonds is 5. The average Bonchev–Trinajstić information content (AvgIpc) is 2.97. The Hall–Kier alpha value is -1.91. The number of hydrogen-bond acceptors (Lipinski definition) is 3. The molecule has 0 aliphatic carbocycles. The molecule has 1 atom stereocenters. The fourth-order valence-corrected chi connectivity index (χ4v) is 2.38. The van der Waals surface area contributed by atoms with Gasteiger partial charge >= 0.3 is 0 Å². The van der Waals surface area contributed by atoms with Crippen LogP contribution < -0.4 is 5.32 Å². The lowest BCUT2D eigenvalue weighted by atomic mass is 9.96. The quantitative estimate of drug-likeness (QED) is 0.831. The van der Waals surface area contributed by atoms with Crippen LogP contribution in [0.4, 0.5) is 0 Å². The van der Waals surface area contributed by atoms with Gasteiger partial charge in [-0.05, 0) is 30.0 Å². The largest absolute Gasteiger partial charge is 0.384 e. The minimum Gasteiger partial charge on any atom is -0.384 e. The van der Waals surface area contributed by atoms with Crippen molar-refractivity contribution in [3.8, 4) is 0 Å². The van der Waals surface area contributed by atoms with Crippen molar-refractivity contribution >= 4 is 23.3 Å². The van der Waals surface area contributed by atoms with Gasteiger partial charge in [0.15, 0.2) is 0 Å². The Morgan fingerprint density at radius 3 is 2.70 bits per heavy atom. The van der Waals surface area contributed by atoms with E-state index in [0.29, 0.717) is 0 Å². The van der Waals surface area contributed by atoms with E-state index in [-0.39, 0.29) is 12.5 Å². The molecular weight excluding hydrogens is 270 g/mol. The third kappa shape index (κ3) is 4.05. The zero-order valence-corrected chi connectivity index (χ0v) is 12.1. The predicted octanol–water partition coefficient (Wildman–Crippen LogP) is 2.79. The molecule has 0 saturated heterocycles. The summed E-state index contributed by atoms with van der Waals surface area (Å²) in [5.74, 6) is -0.213. The third-order valence-corrected chi connectivity index (χ3v) is 3.78. The lowest BCUT2D eigenvalue weighted by Gasteiger charge is -2.23. The molecule has 1 unspecified atom stereocenters. The Labute approximate surface area is 122 Å². The van der Waals surface area contributed by atoms with E-state index < -0.39 is 5.60 Å². The van der Waals surface area contributed by atoms with Gasteiger partial charge < -0.3 is 10.4 Å². The van der Waals surface area contributed by atoms with Crippen LogP contribution in [0, 0.1) is 0 Å². The second-order valence-corrected chi connectivity index (χ2v) is 5.69. The third-order valence-electron chi connectivity index (χ3n) is 2.94. The number of hydrogen-bond donors (Lipinski definition) is 2. The van der Waals surface area contributed by atoms with Gasteiger partial charge in [-0.15, -0.1) is 11.3 Å². The highest BCUT2D eigenvalue weighted by molar-refractivity contribution is 7.10. The van der Waals surface area contributed by atoms with Crippen LogP contribution in [-0.4, -0.2) is 17.6 Å².